The minimum Gasteiger partial charge on any atom is -0.507 e. The molecule has 0 spiro atoms. The Balaban J connectivity index is 1.78. The molecule has 2 aromatic rings. The van der Waals surface area contributed by atoms with Gasteiger partial charge in [0.1, 0.15) is 11.5 Å². The van der Waals surface area contributed by atoms with E-state index in [1.54, 1.807) is 49.6 Å². The van der Waals surface area contributed by atoms with Crippen LogP contribution >= 0.6 is 0 Å². The number of nitrogens with one attached hydrogen (secondary N) is 1. The van der Waals surface area contributed by atoms with Crippen LogP contribution in [0.1, 0.15) is 50.3 Å². The number of fused-ring (bicyclic) bond motifs is 1. The Hall–Kier alpha value is -2.87. The lowest BCUT2D eigenvalue weighted by atomic mass is 9.76. The van der Waals surface area contributed by atoms with Crippen LogP contribution in [0.2, 0.25) is 0 Å². The predicted molar refractivity (Wildman–Crippen MR) is 130 cm³/mol. The van der Waals surface area contributed by atoms with Gasteiger partial charge in [-0.2, -0.15) is 0 Å². The molecule has 4 rings (SSSR count). The number of aromatic hydroxyl groups is 1. The highest BCUT2D eigenvalue weighted by molar-refractivity contribution is 6.00. The molecular formula is C27H33NO6. The monoisotopic (exact) mass is 467 g/mol. The molecule has 0 saturated carbocycles. The number of hydrogen-bond donors (Lipinski definition) is 3. The molecule has 0 aliphatic carbocycles. The highest BCUT2D eigenvalue weighted by Crippen LogP contribution is 2.48. The number of amides is 1. The van der Waals surface area contributed by atoms with Gasteiger partial charge in [0.15, 0.2) is 11.7 Å². The number of aliphatic hydroxyl groups is 1. The number of anilines is 1. The van der Waals surface area contributed by atoms with E-state index in [1.165, 1.54) is 7.11 Å². The summed E-state index contributed by atoms with van der Waals surface area (Å²) in [5.74, 6) is -0.0257. The number of carbonyl (C=O) groups excluding carboxylic acids is 1. The first kappa shape index (κ1) is 24.3. The number of carbonyl (C=O) groups is 1. The fraction of sp³-hybridized carbons (Fsp3) is 0.444. The quantitative estimate of drug-likeness (QED) is 0.610. The van der Waals surface area contributed by atoms with Crippen molar-refractivity contribution in [3.05, 3.63) is 59.2 Å². The van der Waals surface area contributed by atoms with Crippen molar-refractivity contribution in [1.82, 2.24) is 0 Å². The lowest BCUT2D eigenvalue weighted by Gasteiger charge is -2.41. The van der Waals surface area contributed by atoms with Crippen molar-refractivity contribution >= 4 is 17.7 Å². The van der Waals surface area contributed by atoms with E-state index in [2.05, 4.69) is 19.2 Å². The lowest BCUT2D eigenvalue weighted by Crippen LogP contribution is -2.52. The number of methoxy groups -OCH3 is 2. The second kappa shape index (κ2) is 8.73. The zero-order valence-electron chi connectivity index (χ0n) is 20.3. The molecule has 1 saturated heterocycles. The van der Waals surface area contributed by atoms with Gasteiger partial charge in [0.25, 0.3) is 5.91 Å². The van der Waals surface area contributed by atoms with Crippen LogP contribution in [0.25, 0.3) is 6.08 Å². The van der Waals surface area contributed by atoms with E-state index in [0.29, 0.717) is 29.2 Å². The maximum atomic E-state index is 12.8. The van der Waals surface area contributed by atoms with Crippen molar-refractivity contribution in [1.29, 1.82) is 0 Å². The first-order chi connectivity index (χ1) is 16.0. The molecule has 2 aromatic carbocycles. The minimum atomic E-state index is -1.91. The van der Waals surface area contributed by atoms with E-state index in [-0.39, 0.29) is 16.7 Å². The molecule has 182 valence electrons. The molecule has 1 amide bonds. The molecule has 0 bridgehead atoms. The maximum absolute atomic E-state index is 12.8. The summed E-state index contributed by atoms with van der Waals surface area (Å²) in [6.07, 6.45) is 4.38. The predicted octanol–water partition coefficient (Wildman–Crippen LogP) is 4.21. The van der Waals surface area contributed by atoms with Gasteiger partial charge < -0.3 is 29.7 Å². The second-order valence-corrected chi connectivity index (χ2v) is 10.1. The van der Waals surface area contributed by atoms with Crippen LogP contribution in [-0.2, 0) is 19.9 Å². The van der Waals surface area contributed by atoms with Gasteiger partial charge in [0.2, 0.25) is 0 Å². The third-order valence-electron chi connectivity index (χ3n) is 6.94. The molecule has 1 fully saturated rings. The highest BCUT2D eigenvalue weighted by atomic mass is 16.5. The summed E-state index contributed by atoms with van der Waals surface area (Å²) in [7, 11) is 2.90. The zero-order chi connectivity index (χ0) is 24.7. The van der Waals surface area contributed by atoms with E-state index in [0.717, 1.165) is 12.8 Å². The summed E-state index contributed by atoms with van der Waals surface area (Å²) in [5, 5.41) is 26.1. The minimum absolute atomic E-state index is 0.131. The van der Waals surface area contributed by atoms with E-state index in [4.69, 9.17) is 14.2 Å². The lowest BCUT2D eigenvalue weighted by molar-refractivity contribution is -0.142. The molecule has 2 aliphatic heterocycles. The highest BCUT2D eigenvalue weighted by Gasteiger charge is 2.51. The van der Waals surface area contributed by atoms with E-state index in [9.17, 15) is 15.0 Å². The molecule has 2 heterocycles. The Kier molecular flexibility index (Phi) is 6.23. The Bertz CT molecular complexity index is 1100. The number of benzene rings is 2. The summed E-state index contributed by atoms with van der Waals surface area (Å²) < 4.78 is 16.8. The van der Waals surface area contributed by atoms with Gasteiger partial charge >= 0.3 is 0 Å². The number of hydrogen-bond acceptors (Lipinski definition) is 6. The van der Waals surface area contributed by atoms with Crippen molar-refractivity contribution in [3.8, 4) is 11.5 Å². The Morgan fingerprint density at radius 2 is 1.79 bits per heavy atom. The molecule has 0 aromatic heterocycles. The molecule has 0 radical (unpaired) electrons. The van der Waals surface area contributed by atoms with Crippen molar-refractivity contribution in [2.45, 2.75) is 50.9 Å². The SMILES string of the molecule is COc1ccc([C@]2(O)c3c(ccc(/C=C/[C@@]4(C)CCC(C)(C)CO4)c3O)NC(=O)[C@@H]2OC)cc1. The first-order valence-corrected chi connectivity index (χ1v) is 11.4. The van der Waals surface area contributed by atoms with Crippen LogP contribution in [0.4, 0.5) is 5.69 Å². The third kappa shape index (κ3) is 4.19. The Morgan fingerprint density at radius 3 is 2.38 bits per heavy atom. The maximum Gasteiger partial charge on any atom is 0.257 e. The summed E-state index contributed by atoms with van der Waals surface area (Å²) in [5.41, 5.74) is -0.808. The van der Waals surface area contributed by atoms with E-state index >= 15 is 0 Å². The van der Waals surface area contributed by atoms with Crippen LogP contribution in [0.15, 0.2) is 42.5 Å². The van der Waals surface area contributed by atoms with Crippen molar-refractivity contribution in [3.63, 3.8) is 0 Å². The van der Waals surface area contributed by atoms with Crippen LogP contribution in [0.3, 0.4) is 0 Å². The van der Waals surface area contributed by atoms with Crippen molar-refractivity contribution in [2.75, 3.05) is 26.1 Å². The fourth-order valence-electron chi connectivity index (χ4n) is 4.66. The van der Waals surface area contributed by atoms with Gasteiger partial charge in [-0.1, -0.05) is 38.1 Å². The van der Waals surface area contributed by atoms with E-state index < -0.39 is 23.2 Å². The summed E-state index contributed by atoms with van der Waals surface area (Å²) >= 11 is 0. The summed E-state index contributed by atoms with van der Waals surface area (Å²) in [6.45, 7) is 7.06. The smallest absolute Gasteiger partial charge is 0.257 e. The topological polar surface area (TPSA) is 97.3 Å². The van der Waals surface area contributed by atoms with Gasteiger partial charge in [-0.05, 0) is 55.0 Å². The van der Waals surface area contributed by atoms with Gasteiger partial charge in [-0.15, -0.1) is 0 Å². The molecule has 2 aliphatic rings. The molecule has 3 N–H and O–H groups in total. The fourth-order valence-corrected chi connectivity index (χ4v) is 4.66. The Morgan fingerprint density at radius 1 is 1.09 bits per heavy atom. The second-order valence-electron chi connectivity index (χ2n) is 10.1. The van der Waals surface area contributed by atoms with Crippen LogP contribution in [-0.4, -0.2) is 48.7 Å². The van der Waals surface area contributed by atoms with Gasteiger partial charge in [-0.25, -0.2) is 0 Å². The average molecular weight is 468 g/mol. The van der Waals surface area contributed by atoms with Crippen LogP contribution < -0.4 is 10.1 Å². The van der Waals surface area contributed by atoms with Gasteiger partial charge in [0, 0.05) is 12.7 Å². The Labute approximate surface area is 200 Å². The van der Waals surface area contributed by atoms with Crippen LogP contribution in [0, 0.1) is 5.41 Å². The molecule has 7 heteroatoms. The number of ether oxygens (including phenoxy) is 3. The standard InChI is InChI=1S/C27H33NO6/c1-25(2)14-15-26(3,34-16-25)13-12-17-6-11-20-21(22(17)29)27(31,23(33-5)24(30)28-20)18-7-9-19(32-4)10-8-18/h6-13,23,29,31H,14-16H2,1-5H3,(H,28,30)/b13-12+/t23-,26-,27-/m0/s1. The average Bonchev–Trinajstić information content (AvgIpc) is 2.81. The van der Waals surface area contributed by atoms with Crippen LogP contribution in [0.5, 0.6) is 11.5 Å². The largest absolute Gasteiger partial charge is 0.507 e. The van der Waals surface area contributed by atoms with Crippen molar-refractivity contribution < 1.29 is 29.2 Å². The van der Waals surface area contributed by atoms with Gasteiger partial charge in [0.05, 0.1) is 30.6 Å². The number of phenols is 1. The number of rotatable bonds is 5. The van der Waals surface area contributed by atoms with Gasteiger partial charge in [-0.3, -0.25) is 4.79 Å². The van der Waals surface area contributed by atoms with E-state index in [1.807, 2.05) is 13.0 Å². The molecule has 0 unspecified atom stereocenters. The normalized spacial score (nSPS) is 28.4. The molecular weight excluding hydrogens is 434 g/mol. The van der Waals surface area contributed by atoms with Crippen molar-refractivity contribution in [2.24, 2.45) is 5.41 Å². The molecule has 34 heavy (non-hydrogen) atoms. The number of phenolic OH excluding ortho intramolecular Hbond substituents is 1. The third-order valence-corrected chi connectivity index (χ3v) is 6.94. The molecule has 3 atom stereocenters. The molecule has 7 nitrogen and oxygen atoms in total. The first-order valence-electron chi connectivity index (χ1n) is 11.4. The summed E-state index contributed by atoms with van der Waals surface area (Å²) in [6, 6.07) is 10.1. The zero-order valence-corrected chi connectivity index (χ0v) is 20.3. The summed E-state index contributed by atoms with van der Waals surface area (Å²) in [4.78, 5) is 12.8.